The van der Waals surface area contributed by atoms with Crippen LogP contribution in [-0.2, 0) is 14.1 Å². The van der Waals surface area contributed by atoms with Crippen molar-refractivity contribution in [2.24, 2.45) is 14.1 Å². The summed E-state index contributed by atoms with van der Waals surface area (Å²) in [4.78, 5) is 0. The first-order valence-corrected chi connectivity index (χ1v) is 7.61. The molecule has 0 unspecified atom stereocenters. The number of hydrogen-bond acceptors (Lipinski definition) is 2. The van der Waals surface area contributed by atoms with E-state index < -0.39 is 0 Å². The van der Waals surface area contributed by atoms with E-state index in [-0.39, 0.29) is 0 Å². The van der Waals surface area contributed by atoms with Crippen LogP contribution in [0, 0.1) is 22.7 Å². The van der Waals surface area contributed by atoms with Crippen LogP contribution in [0.1, 0.15) is 11.1 Å². The lowest BCUT2D eigenvalue weighted by Gasteiger charge is -2.03. The van der Waals surface area contributed by atoms with E-state index in [4.69, 9.17) is 5.26 Å². The summed E-state index contributed by atoms with van der Waals surface area (Å²) in [6.45, 7) is 0. The van der Waals surface area contributed by atoms with Gasteiger partial charge in [-0.2, -0.15) is 10.5 Å². The molecule has 24 heavy (non-hydrogen) atoms. The van der Waals surface area contributed by atoms with E-state index in [1.165, 1.54) is 0 Å². The van der Waals surface area contributed by atoms with Gasteiger partial charge in [-0.15, -0.1) is 0 Å². The number of benzene rings is 2. The average molecular weight is 310 g/mol. The molecule has 0 saturated carbocycles. The van der Waals surface area contributed by atoms with Crippen molar-refractivity contribution in [1.29, 1.82) is 10.5 Å². The topological polar surface area (TPSA) is 57.4 Å². The normalized spacial score (nSPS) is 10.8. The molecule has 0 spiro atoms. The molecule has 4 nitrogen and oxygen atoms in total. The second-order valence-electron chi connectivity index (χ2n) is 5.97. The molecule has 4 rings (SSSR count). The monoisotopic (exact) mass is 310 g/mol. The lowest BCUT2D eigenvalue weighted by atomic mass is 10.1. The third-order valence-electron chi connectivity index (χ3n) is 4.57. The Balaban J connectivity index is 2.04. The molecule has 0 amide bonds. The summed E-state index contributed by atoms with van der Waals surface area (Å²) in [5, 5.41) is 20.4. The maximum absolute atomic E-state index is 9.20. The van der Waals surface area contributed by atoms with E-state index in [1.54, 1.807) is 0 Å². The number of aromatic nitrogens is 2. The molecular formula is C20H14N4. The SMILES string of the molecule is Cn1cc(-c2cc3cc(C#N)ccc3n2C)c2cc(C#N)ccc21. The van der Waals surface area contributed by atoms with Crippen LogP contribution in [0.15, 0.2) is 48.7 Å². The number of hydrogen-bond donors (Lipinski definition) is 0. The van der Waals surface area contributed by atoms with Crippen LogP contribution in [0.2, 0.25) is 0 Å². The molecule has 2 aromatic heterocycles. The summed E-state index contributed by atoms with van der Waals surface area (Å²) in [6.07, 6.45) is 2.09. The molecule has 2 aromatic carbocycles. The maximum Gasteiger partial charge on any atom is 0.0991 e. The first-order chi connectivity index (χ1) is 11.6. The Morgan fingerprint density at radius 3 is 2.21 bits per heavy atom. The van der Waals surface area contributed by atoms with Gasteiger partial charge in [-0.05, 0) is 42.5 Å². The third kappa shape index (κ3) is 1.91. The molecule has 0 N–H and O–H groups in total. The molecule has 4 aromatic rings. The predicted octanol–water partition coefficient (Wildman–Crippen LogP) is 4.08. The van der Waals surface area contributed by atoms with E-state index in [1.807, 2.05) is 50.5 Å². The van der Waals surface area contributed by atoms with Crippen molar-refractivity contribution in [2.75, 3.05) is 0 Å². The van der Waals surface area contributed by atoms with Crippen LogP contribution >= 0.6 is 0 Å². The van der Waals surface area contributed by atoms with Gasteiger partial charge >= 0.3 is 0 Å². The Morgan fingerprint density at radius 1 is 0.833 bits per heavy atom. The molecular weight excluding hydrogens is 296 g/mol. The van der Waals surface area contributed by atoms with Gasteiger partial charge in [0.2, 0.25) is 0 Å². The second kappa shape index (κ2) is 5.01. The van der Waals surface area contributed by atoms with Crippen LogP contribution in [0.4, 0.5) is 0 Å². The van der Waals surface area contributed by atoms with Crippen LogP contribution < -0.4 is 0 Å². The Bertz CT molecular complexity index is 1190. The highest BCUT2D eigenvalue weighted by Gasteiger charge is 2.14. The number of rotatable bonds is 1. The minimum Gasteiger partial charge on any atom is -0.350 e. The Kier molecular flexibility index (Phi) is 2.95. The highest BCUT2D eigenvalue weighted by Crippen LogP contribution is 2.34. The molecule has 0 aliphatic rings. The van der Waals surface area contributed by atoms with Gasteiger partial charge in [-0.25, -0.2) is 0 Å². The fourth-order valence-electron chi connectivity index (χ4n) is 3.34. The molecule has 114 valence electrons. The number of aryl methyl sites for hydroxylation is 2. The smallest absolute Gasteiger partial charge is 0.0991 e. The molecule has 0 fully saturated rings. The van der Waals surface area contributed by atoms with Crippen LogP contribution in [0.5, 0.6) is 0 Å². The zero-order chi connectivity index (χ0) is 16.8. The number of nitrogens with zero attached hydrogens (tertiary/aromatic N) is 4. The standard InChI is InChI=1S/C20H14N4/c1-23-12-17(16-8-14(11-22)4-6-19(16)23)20-9-15-7-13(10-21)3-5-18(15)24(20)2/h3-9,12H,1-2H3. The minimum absolute atomic E-state index is 0.653. The molecule has 2 heterocycles. The predicted molar refractivity (Wildman–Crippen MR) is 94.3 cm³/mol. The third-order valence-corrected chi connectivity index (χ3v) is 4.57. The van der Waals surface area contributed by atoms with Crippen molar-refractivity contribution >= 4 is 21.8 Å². The maximum atomic E-state index is 9.20. The van der Waals surface area contributed by atoms with Gasteiger partial charge in [-0.1, -0.05) is 0 Å². The van der Waals surface area contributed by atoms with Crippen molar-refractivity contribution in [3.05, 3.63) is 59.8 Å². The quantitative estimate of drug-likeness (QED) is 0.532. The Labute approximate surface area is 139 Å². The zero-order valence-corrected chi connectivity index (χ0v) is 13.4. The van der Waals surface area contributed by atoms with Gasteiger partial charge in [0.05, 0.1) is 29.0 Å². The number of fused-ring (bicyclic) bond motifs is 2. The van der Waals surface area contributed by atoms with Gasteiger partial charge in [0.15, 0.2) is 0 Å². The van der Waals surface area contributed by atoms with Crippen molar-refractivity contribution in [2.45, 2.75) is 0 Å². The number of nitriles is 2. The first kappa shape index (κ1) is 14.1. The highest BCUT2D eigenvalue weighted by atomic mass is 15.0. The largest absolute Gasteiger partial charge is 0.350 e. The van der Waals surface area contributed by atoms with Crippen molar-refractivity contribution < 1.29 is 0 Å². The Morgan fingerprint density at radius 2 is 1.50 bits per heavy atom. The van der Waals surface area contributed by atoms with Gasteiger partial charge in [-0.3, -0.25) is 0 Å². The van der Waals surface area contributed by atoms with Gasteiger partial charge < -0.3 is 9.13 Å². The fraction of sp³-hybridized carbons (Fsp3) is 0.100. The van der Waals surface area contributed by atoms with Crippen molar-refractivity contribution in [3.63, 3.8) is 0 Å². The summed E-state index contributed by atoms with van der Waals surface area (Å²) in [7, 11) is 4.03. The van der Waals surface area contributed by atoms with Gasteiger partial charge in [0.1, 0.15) is 0 Å². The molecule has 0 saturated heterocycles. The molecule has 0 radical (unpaired) electrons. The van der Waals surface area contributed by atoms with E-state index in [2.05, 4.69) is 33.5 Å². The first-order valence-electron chi connectivity index (χ1n) is 7.61. The van der Waals surface area contributed by atoms with Crippen molar-refractivity contribution in [1.82, 2.24) is 9.13 Å². The second-order valence-corrected chi connectivity index (χ2v) is 5.97. The van der Waals surface area contributed by atoms with E-state index in [0.29, 0.717) is 11.1 Å². The molecule has 4 heteroatoms. The summed E-state index contributed by atoms with van der Waals surface area (Å²) < 4.78 is 4.20. The van der Waals surface area contributed by atoms with Gasteiger partial charge in [0, 0.05) is 47.7 Å². The van der Waals surface area contributed by atoms with Gasteiger partial charge in [0.25, 0.3) is 0 Å². The Hall–Kier alpha value is -3.50. The lowest BCUT2D eigenvalue weighted by Crippen LogP contribution is -1.90. The minimum atomic E-state index is 0.653. The van der Waals surface area contributed by atoms with Crippen molar-refractivity contribution in [3.8, 4) is 23.4 Å². The molecule has 0 aliphatic carbocycles. The summed E-state index contributed by atoms with van der Waals surface area (Å²) in [5.41, 5.74) is 5.64. The van der Waals surface area contributed by atoms with Crippen LogP contribution in [-0.4, -0.2) is 9.13 Å². The fourth-order valence-corrected chi connectivity index (χ4v) is 3.34. The molecule has 0 atom stereocenters. The van der Waals surface area contributed by atoms with E-state index in [0.717, 1.165) is 33.1 Å². The summed E-state index contributed by atoms with van der Waals surface area (Å²) >= 11 is 0. The molecule has 0 aliphatic heterocycles. The van der Waals surface area contributed by atoms with Crippen LogP contribution in [0.25, 0.3) is 33.1 Å². The zero-order valence-electron chi connectivity index (χ0n) is 13.4. The summed E-state index contributed by atoms with van der Waals surface area (Å²) in [6, 6.07) is 18.0. The lowest BCUT2D eigenvalue weighted by molar-refractivity contribution is 0.957. The van der Waals surface area contributed by atoms with Crippen LogP contribution in [0.3, 0.4) is 0 Å². The molecule has 0 bridgehead atoms. The van der Waals surface area contributed by atoms with E-state index in [9.17, 15) is 5.26 Å². The van der Waals surface area contributed by atoms with E-state index >= 15 is 0 Å². The highest BCUT2D eigenvalue weighted by molar-refractivity contribution is 5.99. The average Bonchev–Trinajstić information content (AvgIpc) is 3.11. The summed E-state index contributed by atoms with van der Waals surface area (Å²) in [5.74, 6) is 0.